The molecule has 0 bridgehead atoms. The van der Waals surface area contributed by atoms with Gasteiger partial charge in [0.1, 0.15) is 5.75 Å². The fourth-order valence-electron chi connectivity index (χ4n) is 3.66. The Morgan fingerprint density at radius 2 is 1.96 bits per heavy atom. The zero-order valence-corrected chi connectivity index (χ0v) is 17.7. The first-order chi connectivity index (χ1) is 12.6. The smallest absolute Gasteiger partial charge is 0.231 e. The summed E-state index contributed by atoms with van der Waals surface area (Å²) < 4.78 is 24.3. The maximum atomic E-state index is 5.74. The summed E-state index contributed by atoms with van der Waals surface area (Å²) in [4.78, 5) is 0. The molecule has 4 rings (SSSR count). The van der Waals surface area contributed by atoms with Crippen molar-refractivity contribution in [3.05, 3.63) is 43.8 Å². The fraction of sp³-hybridized carbons (Fsp3) is 0.368. The Hall–Kier alpha value is -1.44. The molecule has 26 heavy (non-hydrogen) atoms. The first-order valence-electron chi connectivity index (χ1n) is 8.37. The van der Waals surface area contributed by atoms with E-state index in [2.05, 4.69) is 49.3 Å². The molecule has 0 spiro atoms. The molecule has 2 aromatic rings. The number of halogens is 2. The lowest BCUT2D eigenvalue weighted by molar-refractivity contribution is 0.170. The van der Waals surface area contributed by atoms with Gasteiger partial charge in [0, 0.05) is 11.6 Å². The maximum absolute atomic E-state index is 5.74. The lowest BCUT2D eigenvalue weighted by Crippen LogP contribution is -2.32. The van der Waals surface area contributed by atoms with Crippen LogP contribution in [0.15, 0.2) is 27.1 Å². The van der Waals surface area contributed by atoms with E-state index in [9.17, 15) is 0 Å². The molecule has 0 aromatic heterocycles. The highest BCUT2D eigenvalue weighted by molar-refractivity contribution is 9.11. The van der Waals surface area contributed by atoms with Gasteiger partial charge >= 0.3 is 0 Å². The minimum absolute atomic E-state index is 0.125. The number of ether oxygens (including phenoxy) is 4. The van der Waals surface area contributed by atoms with Gasteiger partial charge in [-0.2, -0.15) is 0 Å². The molecule has 5 nitrogen and oxygen atoms in total. The zero-order valence-electron chi connectivity index (χ0n) is 14.5. The van der Waals surface area contributed by atoms with Crippen molar-refractivity contribution in [2.24, 2.45) is 0 Å². The third-order valence-corrected chi connectivity index (χ3v) is 6.29. The predicted molar refractivity (Wildman–Crippen MR) is 106 cm³/mol. The highest BCUT2D eigenvalue weighted by atomic mass is 79.9. The van der Waals surface area contributed by atoms with Crippen LogP contribution in [0.5, 0.6) is 23.0 Å². The van der Waals surface area contributed by atoms with Crippen molar-refractivity contribution in [3.8, 4) is 23.0 Å². The first kappa shape index (κ1) is 17.9. The lowest BCUT2D eigenvalue weighted by atomic mass is 9.89. The maximum Gasteiger partial charge on any atom is 0.231 e. The van der Waals surface area contributed by atoms with Gasteiger partial charge in [-0.05, 0) is 74.5 Å². The Morgan fingerprint density at radius 1 is 1.15 bits per heavy atom. The molecule has 1 unspecified atom stereocenters. The van der Waals surface area contributed by atoms with Crippen LogP contribution in [0.1, 0.15) is 22.7 Å². The van der Waals surface area contributed by atoms with Crippen LogP contribution in [0, 0.1) is 0 Å². The standard InChI is InChI=1S/C19H19Br2NO4/c1-23-14-4-3-10(7-12(14)20)8-13-15-11(5-6-22-13)16(21)18-19(17(15)24-2)26-9-25-18/h3-4,7,13,22H,5-6,8-9H2,1-2H3. The Morgan fingerprint density at radius 3 is 2.69 bits per heavy atom. The van der Waals surface area contributed by atoms with Crippen molar-refractivity contribution in [1.29, 1.82) is 0 Å². The van der Waals surface area contributed by atoms with E-state index in [1.807, 2.05) is 6.07 Å². The number of rotatable bonds is 4. The predicted octanol–water partition coefficient (Wildman–Crippen LogP) is 4.39. The van der Waals surface area contributed by atoms with Gasteiger partial charge in [-0.1, -0.05) is 6.07 Å². The van der Waals surface area contributed by atoms with E-state index in [1.54, 1.807) is 14.2 Å². The minimum Gasteiger partial charge on any atom is -0.496 e. The van der Waals surface area contributed by atoms with Gasteiger partial charge in [-0.25, -0.2) is 0 Å². The third kappa shape index (κ3) is 2.96. The normalized spacial score (nSPS) is 17.8. The van der Waals surface area contributed by atoms with E-state index in [0.29, 0.717) is 5.75 Å². The molecular formula is C19H19Br2NO4. The topological polar surface area (TPSA) is 49.0 Å². The van der Waals surface area contributed by atoms with Gasteiger partial charge in [0.05, 0.1) is 23.2 Å². The molecule has 2 heterocycles. The molecule has 0 aliphatic carbocycles. The monoisotopic (exact) mass is 483 g/mol. The van der Waals surface area contributed by atoms with Gasteiger partial charge in [-0.15, -0.1) is 0 Å². The van der Waals surface area contributed by atoms with Crippen molar-refractivity contribution in [2.75, 3.05) is 27.6 Å². The van der Waals surface area contributed by atoms with Crippen molar-refractivity contribution < 1.29 is 18.9 Å². The van der Waals surface area contributed by atoms with E-state index in [1.165, 1.54) is 11.1 Å². The van der Waals surface area contributed by atoms with Gasteiger partial charge in [0.25, 0.3) is 0 Å². The fourth-order valence-corrected chi connectivity index (χ4v) is 4.96. The van der Waals surface area contributed by atoms with E-state index >= 15 is 0 Å². The van der Waals surface area contributed by atoms with Crippen molar-refractivity contribution in [3.63, 3.8) is 0 Å². The van der Waals surface area contributed by atoms with Crippen molar-refractivity contribution in [1.82, 2.24) is 5.32 Å². The zero-order chi connectivity index (χ0) is 18.3. The molecule has 7 heteroatoms. The van der Waals surface area contributed by atoms with Gasteiger partial charge in [0.15, 0.2) is 11.5 Å². The first-order valence-corrected chi connectivity index (χ1v) is 9.96. The average Bonchev–Trinajstić information content (AvgIpc) is 3.13. The Kier molecular flexibility index (Phi) is 5.03. The number of methoxy groups -OCH3 is 2. The largest absolute Gasteiger partial charge is 0.496 e. The molecule has 0 amide bonds. The second kappa shape index (κ2) is 7.29. The number of hydrogen-bond donors (Lipinski definition) is 1. The summed E-state index contributed by atoms with van der Waals surface area (Å²) in [5, 5.41) is 3.62. The SMILES string of the molecule is COc1ccc(CC2NCCc3c(Br)c4c(c(OC)c32)OCO4)cc1Br. The molecular weight excluding hydrogens is 466 g/mol. The summed E-state index contributed by atoms with van der Waals surface area (Å²) in [5.74, 6) is 3.02. The molecule has 1 atom stereocenters. The van der Waals surface area contributed by atoms with Gasteiger partial charge in [0.2, 0.25) is 12.5 Å². The summed E-state index contributed by atoms with van der Waals surface area (Å²) >= 11 is 7.28. The molecule has 1 N–H and O–H groups in total. The Bertz CT molecular complexity index is 856. The highest BCUT2D eigenvalue weighted by Gasteiger charge is 2.34. The third-order valence-electron chi connectivity index (χ3n) is 4.83. The number of hydrogen-bond acceptors (Lipinski definition) is 5. The number of fused-ring (bicyclic) bond motifs is 2. The van der Waals surface area contributed by atoms with Gasteiger partial charge in [-0.3, -0.25) is 0 Å². The van der Waals surface area contributed by atoms with Gasteiger partial charge < -0.3 is 24.3 Å². The number of nitrogens with one attached hydrogen (secondary N) is 1. The van der Waals surface area contributed by atoms with Crippen LogP contribution in [0.25, 0.3) is 0 Å². The molecule has 138 valence electrons. The molecule has 0 saturated carbocycles. The highest BCUT2D eigenvalue weighted by Crippen LogP contribution is 2.53. The minimum atomic E-state index is 0.125. The summed E-state index contributed by atoms with van der Waals surface area (Å²) in [6, 6.07) is 6.30. The van der Waals surface area contributed by atoms with Crippen LogP contribution >= 0.6 is 31.9 Å². The van der Waals surface area contributed by atoms with E-state index in [-0.39, 0.29) is 12.8 Å². The Balaban J connectivity index is 1.75. The molecule has 2 aliphatic heterocycles. The summed E-state index contributed by atoms with van der Waals surface area (Å²) in [5.41, 5.74) is 3.57. The van der Waals surface area contributed by atoms with Crippen LogP contribution in [-0.4, -0.2) is 27.6 Å². The molecule has 2 aliphatic rings. The lowest BCUT2D eigenvalue weighted by Gasteiger charge is -2.30. The summed E-state index contributed by atoms with van der Waals surface area (Å²) in [6.45, 7) is 1.12. The molecule has 0 saturated heterocycles. The average molecular weight is 485 g/mol. The van der Waals surface area contributed by atoms with Crippen molar-refractivity contribution in [2.45, 2.75) is 18.9 Å². The van der Waals surface area contributed by atoms with Crippen LogP contribution in [0.4, 0.5) is 0 Å². The second-order valence-corrected chi connectivity index (χ2v) is 7.88. The Labute approximate surface area is 169 Å². The van der Waals surface area contributed by atoms with E-state index in [4.69, 9.17) is 18.9 Å². The van der Waals surface area contributed by atoms with Crippen molar-refractivity contribution >= 4 is 31.9 Å². The summed E-state index contributed by atoms with van der Waals surface area (Å²) in [6.07, 6.45) is 1.74. The van der Waals surface area contributed by atoms with E-state index < -0.39 is 0 Å². The van der Waals surface area contributed by atoms with Crippen LogP contribution in [0.2, 0.25) is 0 Å². The summed E-state index contributed by atoms with van der Waals surface area (Å²) in [7, 11) is 3.35. The van der Waals surface area contributed by atoms with Crippen LogP contribution in [-0.2, 0) is 12.8 Å². The van der Waals surface area contributed by atoms with Crippen LogP contribution in [0.3, 0.4) is 0 Å². The van der Waals surface area contributed by atoms with E-state index in [0.717, 1.165) is 51.1 Å². The second-order valence-electron chi connectivity index (χ2n) is 6.23. The molecule has 0 radical (unpaired) electrons. The van der Waals surface area contributed by atoms with Crippen LogP contribution < -0.4 is 24.3 Å². The quantitative estimate of drug-likeness (QED) is 0.697. The number of benzene rings is 2. The molecule has 2 aromatic carbocycles. The molecule has 0 fully saturated rings.